The highest BCUT2D eigenvalue weighted by Gasteiger charge is 2.40. The lowest BCUT2D eigenvalue weighted by atomic mass is 9.97. The third kappa shape index (κ3) is 26.0. The van der Waals surface area contributed by atoms with Crippen LogP contribution >= 0.6 is 0 Å². The van der Waals surface area contributed by atoms with Crippen LogP contribution in [0.15, 0.2) is 60.7 Å². The first-order valence-electron chi connectivity index (χ1n) is 31.0. The van der Waals surface area contributed by atoms with E-state index in [1.54, 1.807) is 76.2 Å². The molecule has 0 saturated carbocycles. The summed E-state index contributed by atoms with van der Waals surface area (Å²) in [6.45, 7) is 26.4. The van der Waals surface area contributed by atoms with Crippen molar-refractivity contribution in [1.29, 1.82) is 0 Å². The van der Waals surface area contributed by atoms with Gasteiger partial charge in [0.25, 0.3) is 0 Å². The Kier molecular flexibility index (Phi) is 30.6. The Morgan fingerprint density at radius 3 is 1.39 bits per heavy atom. The number of hydrogen-bond donors (Lipinski definition) is 9. The van der Waals surface area contributed by atoms with E-state index >= 15 is 0 Å². The number of nitrogens with one attached hydrogen (secondary N) is 9. The van der Waals surface area contributed by atoms with Gasteiger partial charge in [0.05, 0.1) is 13.7 Å². The van der Waals surface area contributed by atoms with E-state index in [9.17, 15) is 52.7 Å². The molecule has 1 heterocycles. The third-order valence-electron chi connectivity index (χ3n) is 14.7. The summed E-state index contributed by atoms with van der Waals surface area (Å²) in [5, 5.41) is 25.1. The van der Waals surface area contributed by atoms with E-state index in [0.717, 1.165) is 11.1 Å². The van der Waals surface area contributed by atoms with E-state index < -0.39 is 144 Å². The molecule has 1 aliphatic heterocycles. The molecule has 0 aliphatic carbocycles. The number of carbonyl (C=O) groups excluding carboxylic acids is 11. The van der Waals surface area contributed by atoms with Crippen molar-refractivity contribution in [2.75, 3.05) is 20.2 Å². The molecule has 0 aromatic heterocycles. The van der Waals surface area contributed by atoms with Crippen molar-refractivity contribution in [1.82, 2.24) is 52.8 Å². The minimum atomic E-state index is -1.09. The molecular weight excluding hydrogens is 1130 g/mol. The van der Waals surface area contributed by atoms with Crippen molar-refractivity contribution in [3.8, 4) is 0 Å². The van der Waals surface area contributed by atoms with Crippen LogP contribution in [-0.2, 0) is 70.3 Å². The van der Waals surface area contributed by atoms with Crippen molar-refractivity contribution in [3.63, 3.8) is 0 Å². The van der Waals surface area contributed by atoms with Gasteiger partial charge in [0.2, 0.25) is 53.2 Å². The summed E-state index contributed by atoms with van der Waals surface area (Å²) >= 11 is 0. The predicted molar refractivity (Wildman–Crippen MR) is 334 cm³/mol. The van der Waals surface area contributed by atoms with Crippen LogP contribution in [0.25, 0.3) is 0 Å². The maximum atomic E-state index is 14.5. The van der Waals surface area contributed by atoms with Crippen LogP contribution < -0.4 is 47.9 Å². The average Bonchev–Trinajstić information content (AvgIpc) is 4.16. The van der Waals surface area contributed by atoms with Gasteiger partial charge in [0.1, 0.15) is 47.9 Å². The van der Waals surface area contributed by atoms with Crippen LogP contribution in [0.4, 0.5) is 4.79 Å². The molecule has 0 unspecified atom stereocenters. The van der Waals surface area contributed by atoms with Crippen LogP contribution in [0.1, 0.15) is 154 Å². The van der Waals surface area contributed by atoms with Gasteiger partial charge in [-0.15, -0.1) is 0 Å². The van der Waals surface area contributed by atoms with Crippen LogP contribution in [0.3, 0.4) is 0 Å². The van der Waals surface area contributed by atoms with Crippen LogP contribution in [0.5, 0.6) is 0 Å². The van der Waals surface area contributed by atoms with Crippen molar-refractivity contribution >= 4 is 65.2 Å². The monoisotopic (exact) mass is 1230 g/mol. The lowest BCUT2D eigenvalue weighted by Gasteiger charge is -2.31. The fourth-order valence-corrected chi connectivity index (χ4v) is 10.2. The fraction of sp³-hybridized carbons (Fsp3) is 0.646. The number of esters is 1. The maximum absolute atomic E-state index is 14.5. The van der Waals surface area contributed by atoms with E-state index in [1.165, 1.54) is 12.0 Å². The number of alkyl carbamates (subject to hydrolysis) is 1. The topological polar surface area (TPSA) is 318 Å². The Morgan fingerprint density at radius 2 is 0.932 bits per heavy atom. The molecule has 0 bridgehead atoms. The third-order valence-corrected chi connectivity index (χ3v) is 14.7. The lowest BCUT2D eigenvalue weighted by Crippen LogP contribution is -2.58. The molecular formula is C65H102N10O13. The van der Waals surface area contributed by atoms with Gasteiger partial charge in [-0.25, -0.2) is 9.59 Å². The molecule has 2 aromatic rings. The highest BCUT2D eigenvalue weighted by Crippen LogP contribution is 2.22. The predicted octanol–water partition coefficient (Wildman–Crippen LogP) is 4.54. The Labute approximate surface area is 521 Å². The zero-order chi connectivity index (χ0) is 66.2. The quantitative estimate of drug-likeness (QED) is 0.0444. The minimum absolute atomic E-state index is 0.00383. The number of hydrogen-bond acceptors (Lipinski definition) is 13. The van der Waals surface area contributed by atoms with Gasteiger partial charge < -0.3 is 62.2 Å². The van der Waals surface area contributed by atoms with Crippen molar-refractivity contribution in [3.05, 3.63) is 71.8 Å². The Hall–Kier alpha value is -7.59. The SMILES string of the molecule is COC(=O)[C@@H](NC(=O)[C@@H](NC(=O)C[C@H](Cc1ccccc1)NC(=O)[C@H](CC(C)C)NC(=O)CNC(=O)[C@H]1CCCN1C(=O)[C@@H](NC(=O)C[C@H](Cc1ccccc1)NC(=O)[C@@H](NC(=O)[C@H](CC(C)C)NC(=O)OC(C)(C)C)C(C)C)C(C)C)C(C)C)C(C)C. The van der Waals surface area contributed by atoms with Crippen LogP contribution in [0, 0.1) is 35.5 Å². The molecule has 1 fully saturated rings. The van der Waals surface area contributed by atoms with Gasteiger partial charge in [-0.2, -0.15) is 0 Å². The number of methoxy groups -OCH3 is 1. The number of benzene rings is 2. The first kappa shape index (κ1) is 74.7. The lowest BCUT2D eigenvalue weighted by molar-refractivity contribution is -0.147. The minimum Gasteiger partial charge on any atom is -0.467 e. The number of likely N-dealkylation sites (tertiary alicyclic amines) is 1. The summed E-state index contributed by atoms with van der Waals surface area (Å²) in [6.07, 6.45) is 0.355. The summed E-state index contributed by atoms with van der Waals surface area (Å²) in [5.74, 6) is -7.45. The largest absolute Gasteiger partial charge is 0.467 e. The second-order valence-electron chi connectivity index (χ2n) is 26.2. The van der Waals surface area contributed by atoms with E-state index in [2.05, 4.69) is 47.9 Å². The Morgan fingerprint density at radius 1 is 0.511 bits per heavy atom. The molecule has 88 heavy (non-hydrogen) atoms. The van der Waals surface area contributed by atoms with Gasteiger partial charge in [0.15, 0.2) is 0 Å². The molecule has 490 valence electrons. The summed E-state index contributed by atoms with van der Waals surface area (Å²) in [6, 6.07) is 9.53. The van der Waals surface area contributed by atoms with Crippen molar-refractivity contribution in [2.24, 2.45) is 35.5 Å². The molecule has 10 amide bonds. The van der Waals surface area contributed by atoms with Gasteiger partial charge in [-0.1, -0.05) is 144 Å². The number of carbonyl (C=O) groups is 11. The summed E-state index contributed by atoms with van der Waals surface area (Å²) in [7, 11) is 1.22. The second-order valence-corrected chi connectivity index (χ2v) is 26.2. The zero-order valence-electron chi connectivity index (χ0n) is 54.8. The van der Waals surface area contributed by atoms with Gasteiger partial charge in [-0.3, -0.25) is 43.2 Å². The fourth-order valence-electron chi connectivity index (χ4n) is 10.2. The Bertz CT molecular complexity index is 2640. The van der Waals surface area contributed by atoms with E-state index in [0.29, 0.717) is 6.42 Å². The van der Waals surface area contributed by atoms with Crippen molar-refractivity contribution < 1.29 is 62.2 Å². The number of ether oxygens (including phenoxy) is 2. The molecule has 0 spiro atoms. The molecule has 23 nitrogen and oxygen atoms in total. The first-order valence-corrected chi connectivity index (χ1v) is 31.0. The van der Waals surface area contributed by atoms with Crippen LogP contribution in [-0.4, -0.2) is 150 Å². The zero-order valence-corrected chi connectivity index (χ0v) is 54.8. The summed E-state index contributed by atoms with van der Waals surface area (Å²) in [5.41, 5.74) is 0.805. The van der Waals surface area contributed by atoms with E-state index in [-0.39, 0.29) is 75.2 Å². The van der Waals surface area contributed by atoms with E-state index in [4.69, 9.17) is 9.47 Å². The average molecular weight is 1230 g/mol. The number of rotatable bonds is 33. The molecule has 2 aromatic carbocycles. The first-order chi connectivity index (χ1) is 41.2. The van der Waals surface area contributed by atoms with Gasteiger partial charge >= 0.3 is 12.1 Å². The summed E-state index contributed by atoms with van der Waals surface area (Å²) < 4.78 is 10.3. The molecule has 1 aliphatic rings. The van der Waals surface area contributed by atoms with Gasteiger partial charge in [0, 0.05) is 31.5 Å². The maximum Gasteiger partial charge on any atom is 0.408 e. The molecule has 23 heteroatoms. The standard InChI is InChI=1S/C65H102N10O13/c1-37(2)30-47(57(79)67-45(32-43-24-19-17-20-25-43)34-50(76)71-53(39(5)6)61(83)74-56(42(11)12)63(85)87-16)69-52(78)36-66-59(81)49-28-23-29-75(49)62(84)55(41(9)10)72-51(77)35-46(33-44-26-21-18-22-27-44)68-60(82)54(40(7)8)73-58(80)48(31-38(3)4)70-64(86)88-65(13,14)15/h17-22,24-27,37-42,45-49,53-56H,23,28-36H2,1-16H3,(H,66,81)(H,67,79)(H,68,82)(H,69,78)(H,70,86)(H,71,76)(H,72,77)(H,73,80)(H,74,83)/t45-,46-,47-,48-,49+,53-,54-,55-,56-/m0/s1. The van der Waals surface area contributed by atoms with Crippen LogP contribution in [0.2, 0.25) is 0 Å². The molecule has 0 radical (unpaired) electrons. The highest BCUT2D eigenvalue weighted by molar-refractivity contribution is 5.96. The normalized spacial score (nSPS) is 16.1. The molecule has 3 rings (SSSR count). The number of amides is 10. The molecule has 9 N–H and O–H groups in total. The molecule has 1 saturated heterocycles. The smallest absolute Gasteiger partial charge is 0.408 e. The highest BCUT2D eigenvalue weighted by atomic mass is 16.6. The van der Waals surface area contributed by atoms with Gasteiger partial charge in [-0.05, 0) is 106 Å². The number of nitrogens with zero attached hydrogens (tertiary/aromatic N) is 1. The molecule has 9 atom stereocenters. The Balaban J connectivity index is 1.74. The van der Waals surface area contributed by atoms with E-state index in [1.807, 2.05) is 88.4 Å². The summed E-state index contributed by atoms with van der Waals surface area (Å²) in [4.78, 5) is 152. The second kappa shape index (κ2) is 36.0. The van der Waals surface area contributed by atoms with Crippen molar-refractivity contribution in [2.45, 2.75) is 215 Å².